The molecule has 0 heterocycles. The third-order valence-corrected chi connectivity index (χ3v) is 4.90. The van der Waals surface area contributed by atoms with E-state index in [-0.39, 0.29) is 42.1 Å². The summed E-state index contributed by atoms with van der Waals surface area (Å²) in [5, 5.41) is 4.91. The molecule has 2 N–H and O–H groups in total. The molecule has 0 aromatic carbocycles. The maximum Gasteiger partial charge on any atom is 0.509 e. The van der Waals surface area contributed by atoms with Crippen molar-refractivity contribution in [3.05, 3.63) is 0 Å². The summed E-state index contributed by atoms with van der Waals surface area (Å²) in [6.45, 7) is 22.9. The number of imide groups is 1. The zero-order valence-corrected chi connectivity index (χ0v) is 33.0. The van der Waals surface area contributed by atoms with E-state index in [2.05, 4.69) is 47.5 Å². The smallest absolute Gasteiger partial charge is 0.466 e. The normalized spacial score (nSPS) is 8.15. The minimum absolute atomic E-state index is 0.0394. The molecule has 0 aromatic heterocycles. The van der Waals surface area contributed by atoms with Gasteiger partial charge in [0, 0.05) is 61.4 Å². The van der Waals surface area contributed by atoms with Crippen molar-refractivity contribution in [3.63, 3.8) is 0 Å². The molecule has 17 heteroatoms. The van der Waals surface area contributed by atoms with Crippen molar-refractivity contribution in [3.8, 4) is 0 Å². The summed E-state index contributed by atoms with van der Waals surface area (Å²) in [5.41, 5.74) is 0. The molecule has 0 bridgehead atoms. The molecule has 0 saturated heterocycles. The van der Waals surface area contributed by atoms with Crippen molar-refractivity contribution < 1.29 is 57.2 Å². The van der Waals surface area contributed by atoms with Crippen molar-refractivity contribution >= 4 is 64.6 Å². The number of rotatable bonds is 9. The average Bonchev–Trinajstić information content (AvgIpc) is 2.98. The van der Waals surface area contributed by atoms with Crippen LogP contribution in [0.4, 0.5) is 9.59 Å². The SMILES string of the molecule is CCN(C(C)=O)C(C)=O.CCNC(C)=O.CCOC.CCOC(=O)OCNC(=O)OC.CCOC(C)=O.CCSC.CCSC(C)=O. The highest BCUT2D eigenvalue weighted by molar-refractivity contribution is 8.13. The number of esters is 1. The lowest BCUT2D eigenvalue weighted by Crippen LogP contribution is -2.32. The Morgan fingerprint density at radius 1 is 0.660 bits per heavy atom. The fourth-order valence-electron chi connectivity index (χ4n) is 1.71. The molecule has 0 aromatic rings. The van der Waals surface area contributed by atoms with Crippen LogP contribution in [0.1, 0.15) is 83.1 Å². The summed E-state index contributed by atoms with van der Waals surface area (Å²) in [6.07, 6.45) is 0.605. The van der Waals surface area contributed by atoms with Crippen LogP contribution < -0.4 is 10.6 Å². The van der Waals surface area contributed by atoms with Gasteiger partial charge in [0.2, 0.25) is 17.7 Å². The molecule has 0 rings (SSSR count). The fourth-order valence-corrected chi connectivity index (χ4v) is 2.11. The first-order valence-electron chi connectivity index (χ1n) is 14.8. The maximum atomic E-state index is 10.5. The van der Waals surface area contributed by atoms with Gasteiger partial charge in [-0.05, 0) is 52.4 Å². The van der Waals surface area contributed by atoms with Gasteiger partial charge in [-0.1, -0.05) is 25.6 Å². The Morgan fingerprint density at radius 2 is 1.11 bits per heavy atom. The molecular weight excluding hydrogens is 658 g/mol. The summed E-state index contributed by atoms with van der Waals surface area (Å²) in [7, 11) is 2.89. The van der Waals surface area contributed by atoms with Gasteiger partial charge in [-0.25, -0.2) is 9.59 Å². The molecule has 0 aliphatic rings. The van der Waals surface area contributed by atoms with Crippen LogP contribution in [0.2, 0.25) is 0 Å². The van der Waals surface area contributed by atoms with Gasteiger partial charge < -0.3 is 29.0 Å². The molecule has 0 aliphatic heterocycles. The predicted octanol–water partition coefficient (Wildman–Crippen LogP) is 4.89. The zero-order valence-electron chi connectivity index (χ0n) is 31.3. The van der Waals surface area contributed by atoms with Crippen LogP contribution >= 0.6 is 23.5 Å². The summed E-state index contributed by atoms with van der Waals surface area (Å²) >= 11 is 3.20. The third-order valence-electron chi connectivity index (χ3n) is 3.63. The minimum atomic E-state index is -0.825. The van der Waals surface area contributed by atoms with Gasteiger partial charge in [0.15, 0.2) is 11.8 Å². The monoisotopic (exact) mass is 721 g/mol. The van der Waals surface area contributed by atoms with Crippen LogP contribution in [-0.2, 0) is 47.7 Å². The molecule has 0 aliphatic carbocycles. The summed E-state index contributed by atoms with van der Waals surface area (Å²) < 4.78 is 21.9. The van der Waals surface area contributed by atoms with Gasteiger partial charge in [-0.15, -0.1) is 0 Å². The second-order valence-corrected chi connectivity index (χ2v) is 10.1. The topological polar surface area (TPSA) is 193 Å². The number of nitrogens with zero attached hydrogens (tertiary/aromatic N) is 1. The second-order valence-electron chi connectivity index (χ2n) is 7.51. The number of ether oxygens (including phenoxy) is 5. The number of carbonyl (C=O) groups is 7. The first-order chi connectivity index (χ1) is 21.9. The molecule has 0 saturated carbocycles. The van der Waals surface area contributed by atoms with E-state index in [0.29, 0.717) is 13.2 Å². The Kier molecular flexibility index (Phi) is 66.3. The molecule has 4 amide bonds. The van der Waals surface area contributed by atoms with Crippen LogP contribution in [0.25, 0.3) is 0 Å². The number of amides is 4. The van der Waals surface area contributed by atoms with E-state index in [1.807, 2.05) is 32.5 Å². The van der Waals surface area contributed by atoms with E-state index in [4.69, 9.17) is 0 Å². The van der Waals surface area contributed by atoms with E-state index in [1.165, 1.54) is 57.2 Å². The predicted molar refractivity (Wildman–Crippen MR) is 189 cm³/mol. The van der Waals surface area contributed by atoms with Crippen LogP contribution in [0.3, 0.4) is 0 Å². The van der Waals surface area contributed by atoms with Crippen molar-refractivity contribution in [2.45, 2.75) is 83.1 Å². The molecule has 0 spiro atoms. The molecule has 0 unspecified atom stereocenters. The number of hydrogen-bond acceptors (Lipinski definition) is 14. The Labute approximate surface area is 291 Å². The molecule has 0 fully saturated rings. The van der Waals surface area contributed by atoms with Gasteiger partial charge in [-0.3, -0.25) is 34.2 Å². The highest BCUT2D eigenvalue weighted by Crippen LogP contribution is 1.96. The summed E-state index contributed by atoms with van der Waals surface area (Å²) in [4.78, 5) is 72.8. The maximum absolute atomic E-state index is 10.5. The number of methoxy groups -OCH3 is 2. The van der Waals surface area contributed by atoms with Gasteiger partial charge in [-0.2, -0.15) is 11.8 Å². The molecule has 47 heavy (non-hydrogen) atoms. The van der Waals surface area contributed by atoms with Crippen molar-refractivity contribution in [1.29, 1.82) is 0 Å². The van der Waals surface area contributed by atoms with Crippen molar-refractivity contribution in [2.24, 2.45) is 0 Å². The number of carbonyl (C=O) groups excluding carboxylic acids is 7. The Morgan fingerprint density at radius 3 is 1.23 bits per heavy atom. The van der Waals surface area contributed by atoms with Crippen LogP contribution in [0.15, 0.2) is 0 Å². The minimum Gasteiger partial charge on any atom is -0.466 e. The quantitative estimate of drug-likeness (QED) is 0.186. The lowest BCUT2D eigenvalue weighted by atomic mass is 10.5. The molecular formula is C30H63N3O12S2. The van der Waals surface area contributed by atoms with E-state index < -0.39 is 12.2 Å². The number of hydrogen-bond donors (Lipinski definition) is 2. The number of nitrogens with one attached hydrogen (secondary N) is 2. The van der Waals surface area contributed by atoms with Crippen LogP contribution in [0.5, 0.6) is 0 Å². The third kappa shape index (κ3) is 85.9. The summed E-state index contributed by atoms with van der Waals surface area (Å²) in [6, 6.07) is 0. The average molecular weight is 722 g/mol. The van der Waals surface area contributed by atoms with Gasteiger partial charge in [0.1, 0.15) is 0 Å². The molecule has 282 valence electrons. The number of thioether (sulfide) groups is 2. The molecule has 0 radical (unpaired) electrons. The Bertz CT molecular complexity index is 714. The van der Waals surface area contributed by atoms with E-state index in [1.54, 1.807) is 34.8 Å². The Balaban J connectivity index is -0.0000000824. The van der Waals surface area contributed by atoms with Crippen LogP contribution in [-0.4, -0.2) is 118 Å². The van der Waals surface area contributed by atoms with E-state index >= 15 is 0 Å². The first kappa shape index (κ1) is 59.4. The number of alkyl carbamates (subject to hydrolysis) is 1. The highest BCUT2D eigenvalue weighted by Gasteiger charge is 2.08. The van der Waals surface area contributed by atoms with E-state index in [9.17, 15) is 33.6 Å². The van der Waals surface area contributed by atoms with Gasteiger partial charge in [0.05, 0.1) is 20.3 Å². The van der Waals surface area contributed by atoms with Crippen LogP contribution in [0, 0.1) is 0 Å². The first-order valence-corrected chi connectivity index (χ1v) is 17.2. The standard InChI is InChI=1S/C6H11NO5.C6H11NO2.C4H9NO.C4H8O2.C4H8OS.C3H8O.C3H8S/c1-3-11-6(9)12-4-7-5(8)10-2;1-4-7(5(2)8)6(3)9;1-3-5-4(2)6;2*1-3-6-4(2)5;2*1-3-4-2/h3-4H2,1-2H3,(H,7,8);4H2,1-3H3;3H2,1-2H3,(H,5,6);2*3H2,1-2H3;2*3H2,1-2H3. The van der Waals surface area contributed by atoms with Gasteiger partial charge in [0.25, 0.3) is 0 Å². The van der Waals surface area contributed by atoms with E-state index in [0.717, 1.165) is 18.9 Å². The molecule has 15 nitrogen and oxygen atoms in total. The summed E-state index contributed by atoms with van der Waals surface area (Å²) in [5.74, 6) is 1.58. The highest BCUT2D eigenvalue weighted by atomic mass is 32.2. The molecule has 0 atom stereocenters. The zero-order chi connectivity index (χ0) is 38.6. The van der Waals surface area contributed by atoms with Crippen molar-refractivity contribution in [2.75, 3.05) is 71.6 Å². The lowest BCUT2D eigenvalue weighted by molar-refractivity contribution is -0.142. The lowest BCUT2D eigenvalue weighted by Gasteiger charge is -2.12. The van der Waals surface area contributed by atoms with Crippen molar-refractivity contribution in [1.82, 2.24) is 15.5 Å². The Hall–Kier alpha value is -3.05. The fraction of sp³-hybridized carbons (Fsp3) is 0.767. The van der Waals surface area contributed by atoms with Gasteiger partial charge >= 0.3 is 18.2 Å². The largest absolute Gasteiger partial charge is 0.509 e. The second kappa shape index (κ2) is 52.5.